The van der Waals surface area contributed by atoms with E-state index < -0.39 is 0 Å². The molecule has 7 nitrogen and oxygen atoms in total. The summed E-state index contributed by atoms with van der Waals surface area (Å²) in [4.78, 5) is 48.0. The second-order valence-corrected chi connectivity index (χ2v) is 4.82. The Morgan fingerprint density at radius 1 is 0.773 bits per heavy atom. The zero-order chi connectivity index (χ0) is 17.3. The first-order chi connectivity index (χ1) is 10.3. The van der Waals surface area contributed by atoms with Crippen LogP contribution in [0.4, 0.5) is 0 Å². The SMILES string of the molecule is C=CC(=O)N1CN(C(=O)C=C)CN(C(=O)C=C)C1.CC(=O)S. The number of carbonyl (C=O) groups excluding carboxylic acids is 4. The van der Waals surface area contributed by atoms with Crippen molar-refractivity contribution in [2.24, 2.45) is 0 Å². The van der Waals surface area contributed by atoms with Gasteiger partial charge >= 0.3 is 0 Å². The number of hydrogen-bond donors (Lipinski definition) is 1. The van der Waals surface area contributed by atoms with E-state index in [1.807, 2.05) is 0 Å². The molecule has 0 N–H and O–H groups in total. The molecule has 0 spiro atoms. The second-order valence-electron chi connectivity index (χ2n) is 4.19. The Hall–Kier alpha value is -2.35. The Bertz CT molecular complexity index is 433. The highest BCUT2D eigenvalue weighted by Crippen LogP contribution is 2.09. The van der Waals surface area contributed by atoms with Crippen molar-refractivity contribution in [2.45, 2.75) is 6.92 Å². The fraction of sp³-hybridized carbons (Fsp3) is 0.286. The van der Waals surface area contributed by atoms with Gasteiger partial charge in [-0.05, 0) is 18.2 Å². The molecule has 1 fully saturated rings. The maximum Gasteiger partial charge on any atom is 0.248 e. The summed E-state index contributed by atoms with van der Waals surface area (Å²) in [6.07, 6.45) is 3.41. The summed E-state index contributed by atoms with van der Waals surface area (Å²) in [7, 11) is 0. The van der Waals surface area contributed by atoms with Gasteiger partial charge in [0.05, 0.1) is 20.0 Å². The van der Waals surface area contributed by atoms with Gasteiger partial charge in [-0.1, -0.05) is 19.7 Å². The maximum atomic E-state index is 11.6. The van der Waals surface area contributed by atoms with Crippen molar-refractivity contribution >= 4 is 35.5 Å². The van der Waals surface area contributed by atoms with Crippen LogP contribution in [0.5, 0.6) is 0 Å². The van der Waals surface area contributed by atoms with Crippen LogP contribution in [0.2, 0.25) is 0 Å². The van der Waals surface area contributed by atoms with Crippen molar-refractivity contribution in [3.05, 3.63) is 38.0 Å². The largest absolute Gasteiger partial charge is 0.303 e. The summed E-state index contributed by atoms with van der Waals surface area (Å²) in [5, 5.41) is -0.139. The van der Waals surface area contributed by atoms with Crippen LogP contribution in [0, 0.1) is 0 Å². The summed E-state index contributed by atoms with van der Waals surface area (Å²) in [5.74, 6) is -1.05. The van der Waals surface area contributed by atoms with Crippen LogP contribution >= 0.6 is 12.6 Å². The maximum absolute atomic E-state index is 11.6. The van der Waals surface area contributed by atoms with Crippen molar-refractivity contribution in [3.63, 3.8) is 0 Å². The van der Waals surface area contributed by atoms with Crippen molar-refractivity contribution in [3.8, 4) is 0 Å². The molecular formula is C14H19N3O4S. The minimum atomic E-state index is -0.349. The van der Waals surface area contributed by atoms with E-state index in [2.05, 4.69) is 32.4 Å². The Labute approximate surface area is 134 Å². The topological polar surface area (TPSA) is 78.0 Å². The van der Waals surface area contributed by atoms with Crippen LogP contribution in [0.25, 0.3) is 0 Å². The van der Waals surface area contributed by atoms with Gasteiger partial charge in [0.1, 0.15) is 0 Å². The normalized spacial score (nSPS) is 13.5. The lowest BCUT2D eigenvalue weighted by Crippen LogP contribution is -2.58. The van der Waals surface area contributed by atoms with Crippen LogP contribution in [-0.4, -0.2) is 57.5 Å². The molecule has 0 aliphatic carbocycles. The average molecular weight is 325 g/mol. The van der Waals surface area contributed by atoms with E-state index in [0.717, 1.165) is 18.2 Å². The number of hydrogen-bond acceptors (Lipinski definition) is 4. The van der Waals surface area contributed by atoms with Gasteiger partial charge in [0.15, 0.2) is 5.12 Å². The van der Waals surface area contributed by atoms with Crippen LogP contribution < -0.4 is 0 Å². The van der Waals surface area contributed by atoms with Crippen LogP contribution in [-0.2, 0) is 19.2 Å². The smallest absolute Gasteiger partial charge is 0.248 e. The molecule has 120 valence electrons. The van der Waals surface area contributed by atoms with E-state index in [4.69, 9.17) is 0 Å². The van der Waals surface area contributed by atoms with E-state index >= 15 is 0 Å². The molecule has 1 rings (SSSR count). The zero-order valence-electron chi connectivity index (χ0n) is 12.4. The molecule has 0 aromatic rings. The van der Waals surface area contributed by atoms with Crippen molar-refractivity contribution < 1.29 is 19.2 Å². The summed E-state index contributed by atoms with van der Waals surface area (Å²) < 4.78 is 0. The minimum absolute atomic E-state index is 0.108. The van der Waals surface area contributed by atoms with Crippen molar-refractivity contribution in [2.75, 3.05) is 20.0 Å². The quantitative estimate of drug-likeness (QED) is 0.601. The Balaban J connectivity index is 0.000000980. The average Bonchev–Trinajstić information content (AvgIpc) is 2.51. The van der Waals surface area contributed by atoms with Gasteiger partial charge in [0, 0.05) is 6.92 Å². The summed E-state index contributed by atoms with van der Waals surface area (Å²) >= 11 is 3.33. The van der Waals surface area contributed by atoms with Crippen LogP contribution in [0.3, 0.4) is 0 Å². The molecule has 0 aromatic heterocycles. The highest BCUT2D eigenvalue weighted by atomic mass is 32.1. The predicted octanol–water partition coefficient (Wildman–Crippen LogP) is 0.379. The Morgan fingerprint density at radius 3 is 1.09 bits per heavy atom. The molecule has 0 saturated carbocycles. The Kier molecular flexibility index (Phi) is 8.54. The van der Waals surface area contributed by atoms with E-state index in [0.29, 0.717) is 0 Å². The lowest BCUT2D eigenvalue weighted by atomic mass is 10.4. The van der Waals surface area contributed by atoms with Crippen molar-refractivity contribution in [1.29, 1.82) is 0 Å². The number of rotatable bonds is 3. The van der Waals surface area contributed by atoms with Gasteiger partial charge in [0.2, 0.25) is 17.7 Å². The van der Waals surface area contributed by atoms with Gasteiger partial charge in [-0.15, -0.1) is 12.6 Å². The predicted molar refractivity (Wildman–Crippen MR) is 85.4 cm³/mol. The third-order valence-electron chi connectivity index (χ3n) is 2.48. The molecule has 1 aliphatic rings. The molecule has 1 aliphatic heterocycles. The third kappa shape index (κ3) is 6.40. The lowest BCUT2D eigenvalue weighted by Gasteiger charge is -2.41. The molecule has 22 heavy (non-hydrogen) atoms. The molecule has 1 saturated heterocycles. The summed E-state index contributed by atoms with van der Waals surface area (Å²) in [5.41, 5.74) is 0. The molecule has 0 bridgehead atoms. The van der Waals surface area contributed by atoms with E-state index in [9.17, 15) is 19.2 Å². The molecule has 0 unspecified atom stereocenters. The lowest BCUT2D eigenvalue weighted by molar-refractivity contribution is -0.152. The molecule has 0 radical (unpaired) electrons. The van der Waals surface area contributed by atoms with Gasteiger partial charge in [-0.3, -0.25) is 19.2 Å². The van der Waals surface area contributed by atoms with E-state index in [-0.39, 0.29) is 42.8 Å². The first kappa shape index (κ1) is 19.7. The van der Waals surface area contributed by atoms with Gasteiger partial charge in [0.25, 0.3) is 0 Å². The summed E-state index contributed by atoms with van der Waals surface area (Å²) in [6, 6.07) is 0. The monoisotopic (exact) mass is 325 g/mol. The minimum Gasteiger partial charge on any atom is -0.303 e. The molecule has 8 heteroatoms. The van der Waals surface area contributed by atoms with Crippen LogP contribution in [0.1, 0.15) is 6.92 Å². The molecule has 1 heterocycles. The fourth-order valence-corrected chi connectivity index (χ4v) is 1.56. The van der Waals surface area contributed by atoms with Gasteiger partial charge in [-0.2, -0.15) is 0 Å². The molecule has 3 amide bonds. The van der Waals surface area contributed by atoms with E-state index in [1.165, 1.54) is 21.6 Å². The van der Waals surface area contributed by atoms with Crippen LogP contribution in [0.15, 0.2) is 38.0 Å². The zero-order valence-corrected chi connectivity index (χ0v) is 13.3. The number of carbonyl (C=O) groups is 4. The number of nitrogens with zero attached hydrogens (tertiary/aromatic N) is 3. The molecule has 0 atom stereocenters. The van der Waals surface area contributed by atoms with Crippen molar-refractivity contribution in [1.82, 2.24) is 14.7 Å². The molecular weight excluding hydrogens is 306 g/mol. The highest BCUT2D eigenvalue weighted by molar-refractivity contribution is 7.96. The second kappa shape index (κ2) is 9.56. The van der Waals surface area contributed by atoms with Gasteiger partial charge in [-0.25, -0.2) is 0 Å². The standard InChI is InChI=1S/C12H15N3O3.C2H4OS/c1-4-10(16)13-7-14(11(17)5-2)9-15(8-13)12(18)6-3;1-2(3)4/h4-6H,1-3,7-9H2;1H3,(H,3,4). The van der Waals surface area contributed by atoms with E-state index in [1.54, 1.807) is 0 Å². The first-order valence-corrected chi connectivity index (χ1v) is 6.65. The third-order valence-corrected chi connectivity index (χ3v) is 2.48. The number of amides is 3. The first-order valence-electron chi connectivity index (χ1n) is 6.20. The fourth-order valence-electron chi connectivity index (χ4n) is 1.56. The number of thiol groups is 1. The summed E-state index contributed by atoms with van der Waals surface area (Å²) in [6.45, 7) is 11.8. The highest BCUT2D eigenvalue weighted by Gasteiger charge is 2.29. The van der Waals surface area contributed by atoms with Gasteiger partial charge < -0.3 is 14.7 Å². The molecule has 0 aromatic carbocycles. The Morgan fingerprint density at radius 2 is 0.955 bits per heavy atom.